The van der Waals surface area contributed by atoms with Gasteiger partial charge in [0.25, 0.3) is 11.8 Å². The highest BCUT2D eigenvalue weighted by Crippen LogP contribution is 2.13. The largest absolute Gasteiger partial charge is 0.484 e. The van der Waals surface area contributed by atoms with Crippen molar-refractivity contribution in [3.8, 4) is 5.75 Å². The monoisotopic (exact) mass is 393 g/mol. The van der Waals surface area contributed by atoms with Crippen molar-refractivity contribution in [3.05, 3.63) is 60.4 Å². The van der Waals surface area contributed by atoms with Crippen LogP contribution in [0.4, 0.5) is 0 Å². The Hall–Kier alpha value is -3.68. The summed E-state index contributed by atoms with van der Waals surface area (Å²) in [7, 11) is 3.36. The second kappa shape index (κ2) is 9.01. The lowest BCUT2D eigenvalue weighted by Gasteiger charge is -2.11. The van der Waals surface area contributed by atoms with Crippen molar-refractivity contribution >= 4 is 28.6 Å². The number of carbonyl (C=O) groups excluding carboxylic acids is 2. The molecule has 1 aromatic heterocycles. The molecule has 0 unspecified atom stereocenters. The van der Waals surface area contributed by atoms with Crippen molar-refractivity contribution in [1.29, 1.82) is 0 Å². The summed E-state index contributed by atoms with van der Waals surface area (Å²) in [5, 5.41) is 4.16. The van der Waals surface area contributed by atoms with Crippen LogP contribution in [0.25, 0.3) is 11.0 Å². The zero-order valence-electron chi connectivity index (χ0n) is 16.6. The first-order chi connectivity index (χ1) is 13.9. The van der Waals surface area contributed by atoms with Gasteiger partial charge < -0.3 is 14.2 Å². The maximum atomic E-state index is 12.2. The van der Waals surface area contributed by atoms with Crippen molar-refractivity contribution in [2.24, 2.45) is 5.10 Å². The molecule has 8 heteroatoms. The average molecular weight is 393 g/mol. The molecule has 150 valence electrons. The van der Waals surface area contributed by atoms with E-state index in [4.69, 9.17) is 4.74 Å². The summed E-state index contributed by atoms with van der Waals surface area (Å²) in [5.41, 5.74) is 5.80. The molecule has 2 aromatic carbocycles. The number of aromatic nitrogens is 2. The minimum atomic E-state index is -0.241. The van der Waals surface area contributed by atoms with E-state index in [1.54, 1.807) is 44.0 Å². The molecule has 0 saturated heterocycles. The summed E-state index contributed by atoms with van der Waals surface area (Å²) in [5.74, 6) is 0.239. The number of hydrogen-bond acceptors (Lipinski definition) is 5. The van der Waals surface area contributed by atoms with E-state index in [1.165, 1.54) is 4.90 Å². The summed E-state index contributed by atoms with van der Waals surface area (Å²) in [6.07, 6.45) is 1.64. The SMILES string of the molecule is C/C(=N/NC(=O)Cn1cnc2ccccc21)c1ccc(OCC(=O)N(C)C)cc1. The minimum absolute atomic E-state index is 0.0155. The number of amides is 2. The van der Waals surface area contributed by atoms with E-state index < -0.39 is 0 Å². The number of likely N-dealkylation sites (N-methyl/N-ethyl adjacent to an activating group) is 1. The van der Waals surface area contributed by atoms with E-state index in [9.17, 15) is 9.59 Å². The summed E-state index contributed by atoms with van der Waals surface area (Å²) < 4.78 is 7.22. The Kier molecular flexibility index (Phi) is 6.23. The predicted molar refractivity (Wildman–Crippen MR) is 111 cm³/mol. The fourth-order valence-electron chi connectivity index (χ4n) is 2.60. The van der Waals surface area contributed by atoms with Crippen LogP contribution in [0.2, 0.25) is 0 Å². The third-order valence-electron chi connectivity index (χ3n) is 4.32. The summed E-state index contributed by atoms with van der Waals surface area (Å²) >= 11 is 0. The van der Waals surface area contributed by atoms with Gasteiger partial charge in [-0.05, 0) is 48.9 Å². The molecule has 0 atom stereocenters. The van der Waals surface area contributed by atoms with Gasteiger partial charge in [0.15, 0.2) is 6.61 Å². The molecule has 0 aliphatic carbocycles. The lowest BCUT2D eigenvalue weighted by atomic mass is 10.1. The van der Waals surface area contributed by atoms with Crippen LogP contribution in [0, 0.1) is 0 Å². The molecule has 0 fully saturated rings. The van der Waals surface area contributed by atoms with Crippen LogP contribution in [0.5, 0.6) is 5.75 Å². The van der Waals surface area contributed by atoms with Crippen LogP contribution in [0.15, 0.2) is 60.0 Å². The summed E-state index contributed by atoms with van der Waals surface area (Å²) in [6.45, 7) is 1.92. The predicted octanol–water partition coefficient (Wildman–Crippen LogP) is 2.04. The first-order valence-electron chi connectivity index (χ1n) is 9.10. The van der Waals surface area contributed by atoms with Gasteiger partial charge in [0.05, 0.1) is 23.1 Å². The Bertz CT molecular complexity index is 1040. The number of hydrogen-bond donors (Lipinski definition) is 1. The van der Waals surface area contributed by atoms with Crippen LogP contribution in [-0.2, 0) is 16.1 Å². The molecule has 29 heavy (non-hydrogen) atoms. The van der Waals surface area contributed by atoms with Crippen molar-refractivity contribution in [1.82, 2.24) is 19.9 Å². The maximum Gasteiger partial charge on any atom is 0.260 e. The average Bonchev–Trinajstić information content (AvgIpc) is 3.13. The van der Waals surface area contributed by atoms with E-state index in [0.29, 0.717) is 11.5 Å². The van der Waals surface area contributed by atoms with E-state index in [2.05, 4.69) is 15.5 Å². The molecule has 0 aliphatic rings. The highest BCUT2D eigenvalue weighted by molar-refractivity contribution is 5.99. The second-order valence-corrected chi connectivity index (χ2v) is 6.69. The van der Waals surface area contributed by atoms with Gasteiger partial charge in [-0.3, -0.25) is 9.59 Å². The molecule has 0 spiro atoms. The highest BCUT2D eigenvalue weighted by atomic mass is 16.5. The number of nitrogens with one attached hydrogen (secondary N) is 1. The van der Waals surface area contributed by atoms with Crippen molar-refractivity contribution in [2.75, 3.05) is 20.7 Å². The van der Waals surface area contributed by atoms with Gasteiger partial charge in [-0.1, -0.05) is 12.1 Å². The number of ether oxygens (including phenoxy) is 1. The molecule has 0 radical (unpaired) electrons. The topological polar surface area (TPSA) is 88.8 Å². The molecule has 3 aromatic rings. The molecular formula is C21H23N5O3. The second-order valence-electron chi connectivity index (χ2n) is 6.69. The molecular weight excluding hydrogens is 370 g/mol. The molecule has 0 aliphatic heterocycles. The van der Waals surface area contributed by atoms with Gasteiger partial charge in [-0.25, -0.2) is 10.4 Å². The lowest BCUT2D eigenvalue weighted by Crippen LogP contribution is -2.27. The Morgan fingerprint density at radius 3 is 2.59 bits per heavy atom. The quantitative estimate of drug-likeness (QED) is 0.491. The zero-order chi connectivity index (χ0) is 20.8. The fraction of sp³-hybridized carbons (Fsp3) is 0.238. The van der Waals surface area contributed by atoms with E-state index >= 15 is 0 Å². The number of imidazole rings is 1. The standard InChI is InChI=1S/C21H23N5O3/c1-15(16-8-10-17(11-9-16)29-13-21(28)25(2)3)23-24-20(27)12-26-14-22-18-6-4-5-7-19(18)26/h4-11,14H,12-13H2,1-3H3,(H,24,27)/b23-15-. The van der Waals surface area contributed by atoms with E-state index in [1.807, 2.05) is 36.4 Å². The fourth-order valence-corrected chi connectivity index (χ4v) is 2.60. The Morgan fingerprint density at radius 1 is 1.14 bits per heavy atom. The number of carbonyl (C=O) groups is 2. The third kappa shape index (κ3) is 5.19. The van der Waals surface area contributed by atoms with Crippen molar-refractivity contribution < 1.29 is 14.3 Å². The molecule has 1 N–H and O–H groups in total. The Morgan fingerprint density at radius 2 is 1.86 bits per heavy atom. The van der Waals surface area contributed by atoms with Gasteiger partial charge in [0, 0.05) is 14.1 Å². The molecule has 1 heterocycles. The zero-order valence-corrected chi connectivity index (χ0v) is 16.6. The number of nitrogens with zero attached hydrogens (tertiary/aromatic N) is 4. The van der Waals surface area contributed by atoms with Crippen LogP contribution in [0.3, 0.4) is 0 Å². The molecule has 0 saturated carbocycles. The molecule has 8 nitrogen and oxygen atoms in total. The van der Waals surface area contributed by atoms with Gasteiger partial charge >= 0.3 is 0 Å². The van der Waals surface area contributed by atoms with Crippen molar-refractivity contribution in [3.63, 3.8) is 0 Å². The smallest absolute Gasteiger partial charge is 0.260 e. The third-order valence-corrected chi connectivity index (χ3v) is 4.32. The maximum absolute atomic E-state index is 12.2. The van der Waals surface area contributed by atoms with Gasteiger partial charge in [-0.2, -0.15) is 5.10 Å². The normalized spacial score (nSPS) is 11.3. The van der Waals surface area contributed by atoms with Crippen LogP contribution in [0.1, 0.15) is 12.5 Å². The van der Waals surface area contributed by atoms with Gasteiger partial charge in [-0.15, -0.1) is 0 Å². The van der Waals surface area contributed by atoms with Crippen LogP contribution in [-0.4, -0.2) is 52.7 Å². The van der Waals surface area contributed by atoms with Gasteiger partial charge in [0.1, 0.15) is 12.3 Å². The number of fused-ring (bicyclic) bond motifs is 1. The minimum Gasteiger partial charge on any atom is -0.484 e. The number of rotatable bonds is 7. The van der Waals surface area contributed by atoms with Crippen LogP contribution >= 0.6 is 0 Å². The molecule has 2 amide bonds. The van der Waals surface area contributed by atoms with E-state index in [0.717, 1.165) is 16.6 Å². The van der Waals surface area contributed by atoms with Crippen molar-refractivity contribution in [2.45, 2.75) is 13.5 Å². The summed E-state index contributed by atoms with van der Waals surface area (Å²) in [6, 6.07) is 14.8. The molecule has 3 rings (SSSR count). The Labute approximate surface area is 168 Å². The number of hydrazone groups is 1. The first-order valence-corrected chi connectivity index (χ1v) is 9.10. The number of benzene rings is 2. The van der Waals surface area contributed by atoms with Gasteiger partial charge in [0.2, 0.25) is 0 Å². The number of para-hydroxylation sites is 2. The van der Waals surface area contributed by atoms with E-state index in [-0.39, 0.29) is 25.0 Å². The first kappa shape index (κ1) is 20.1. The summed E-state index contributed by atoms with van der Waals surface area (Å²) in [4.78, 5) is 29.5. The molecule has 0 bridgehead atoms. The van der Waals surface area contributed by atoms with Crippen LogP contribution < -0.4 is 10.2 Å². The highest BCUT2D eigenvalue weighted by Gasteiger charge is 2.08. The lowest BCUT2D eigenvalue weighted by molar-refractivity contribution is -0.130. The Balaban J connectivity index is 1.56.